The van der Waals surface area contributed by atoms with Gasteiger partial charge < -0.3 is 4.42 Å². The van der Waals surface area contributed by atoms with E-state index in [1.165, 1.54) is 0 Å². The number of rotatable bonds is 7. The monoisotopic (exact) mass is 642 g/mol. The highest BCUT2D eigenvalue weighted by Crippen LogP contribution is 2.34. The van der Waals surface area contributed by atoms with Gasteiger partial charge in [0.05, 0.1) is 22.6 Å². The average molecular weight is 643 g/mol. The van der Waals surface area contributed by atoms with E-state index >= 15 is 0 Å². The Morgan fingerprint density at radius 2 is 1.18 bits per heavy atom. The third-order valence-corrected chi connectivity index (χ3v) is 9.12. The van der Waals surface area contributed by atoms with Crippen LogP contribution in [0.4, 0.5) is 0 Å². The maximum Gasteiger partial charge on any atom is 0.234 e. The molecule has 0 unspecified atom stereocenters. The lowest BCUT2D eigenvalue weighted by Crippen LogP contribution is -2.03. The SMILES string of the molecule is C=Cc1c(/C=C/c2ccc3oc4ccccc4c3c2)c2ccccc2n1-c1ncc(-c2cc(-c3ccccc3)cc(-c3ccccc3)n2)cn1. The van der Waals surface area contributed by atoms with E-state index in [9.17, 15) is 0 Å². The lowest BCUT2D eigenvalue weighted by molar-refractivity contribution is 0.669. The number of nitrogens with zero attached hydrogens (tertiary/aromatic N) is 4. The van der Waals surface area contributed by atoms with Crippen LogP contribution < -0.4 is 0 Å². The van der Waals surface area contributed by atoms with Gasteiger partial charge in [0.2, 0.25) is 5.95 Å². The molecule has 0 radical (unpaired) electrons. The van der Waals surface area contributed by atoms with Gasteiger partial charge in [0.15, 0.2) is 0 Å². The first kappa shape index (κ1) is 29.3. The van der Waals surface area contributed by atoms with E-state index in [1.807, 2.05) is 73.1 Å². The van der Waals surface area contributed by atoms with Crippen molar-refractivity contribution in [2.24, 2.45) is 0 Å². The van der Waals surface area contributed by atoms with Crippen LogP contribution in [0, 0.1) is 0 Å². The number of furan rings is 1. The van der Waals surface area contributed by atoms with Crippen LogP contribution in [0.2, 0.25) is 0 Å². The molecule has 236 valence electrons. The summed E-state index contributed by atoms with van der Waals surface area (Å²) in [6.07, 6.45) is 9.88. The number of aromatic nitrogens is 4. The van der Waals surface area contributed by atoms with Crippen molar-refractivity contribution in [1.29, 1.82) is 0 Å². The van der Waals surface area contributed by atoms with Crippen molar-refractivity contribution in [1.82, 2.24) is 19.5 Å². The molecule has 4 heterocycles. The quantitative estimate of drug-likeness (QED) is 0.174. The van der Waals surface area contributed by atoms with Crippen molar-refractivity contribution in [2.75, 3.05) is 0 Å². The molecule has 0 saturated carbocycles. The van der Waals surface area contributed by atoms with Crippen LogP contribution in [0.3, 0.4) is 0 Å². The average Bonchev–Trinajstić information content (AvgIpc) is 3.72. The van der Waals surface area contributed by atoms with Crippen molar-refractivity contribution >= 4 is 51.1 Å². The van der Waals surface area contributed by atoms with Gasteiger partial charge >= 0.3 is 0 Å². The van der Waals surface area contributed by atoms with Gasteiger partial charge in [0.1, 0.15) is 11.2 Å². The number of fused-ring (bicyclic) bond motifs is 4. The predicted octanol–water partition coefficient (Wildman–Crippen LogP) is 11.5. The van der Waals surface area contributed by atoms with E-state index in [2.05, 4.69) is 108 Å². The molecule has 0 amide bonds. The van der Waals surface area contributed by atoms with Crippen LogP contribution in [0.15, 0.2) is 163 Å². The molecule has 5 heteroatoms. The molecule has 0 aliphatic heterocycles. The number of benzene rings is 5. The van der Waals surface area contributed by atoms with E-state index < -0.39 is 0 Å². The second-order valence-corrected chi connectivity index (χ2v) is 12.2. The van der Waals surface area contributed by atoms with Crippen molar-refractivity contribution in [2.45, 2.75) is 0 Å². The number of pyridine rings is 1. The summed E-state index contributed by atoms with van der Waals surface area (Å²) in [4.78, 5) is 14.9. The Balaban J connectivity index is 1.11. The molecule has 0 N–H and O–H groups in total. The van der Waals surface area contributed by atoms with Gasteiger partial charge in [-0.3, -0.25) is 4.57 Å². The van der Waals surface area contributed by atoms with Gasteiger partial charge in [-0.2, -0.15) is 0 Å². The zero-order valence-electron chi connectivity index (χ0n) is 27.1. The van der Waals surface area contributed by atoms with Crippen LogP contribution in [0.25, 0.3) is 90.7 Å². The summed E-state index contributed by atoms with van der Waals surface area (Å²) in [5.74, 6) is 0.563. The molecule has 5 aromatic carbocycles. The summed E-state index contributed by atoms with van der Waals surface area (Å²) >= 11 is 0. The Morgan fingerprint density at radius 3 is 1.94 bits per heavy atom. The first-order valence-corrected chi connectivity index (χ1v) is 16.5. The normalized spacial score (nSPS) is 11.6. The summed E-state index contributed by atoms with van der Waals surface area (Å²) in [6, 6.07) is 47.6. The van der Waals surface area contributed by atoms with E-state index in [-0.39, 0.29) is 0 Å². The smallest absolute Gasteiger partial charge is 0.234 e. The lowest BCUT2D eigenvalue weighted by atomic mass is 10.0. The Labute approximate surface area is 289 Å². The molecule has 5 nitrogen and oxygen atoms in total. The molecular weight excluding hydrogens is 613 g/mol. The zero-order valence-corrected chi connectivity index (χ0v) is 27.1. The Bertz CT molecular complexity index is 2650. The summed E-state index contributed by atoms with van der Waals surface area (Å²) in [6.45, 7) is 4.21. The van der Waals surface area contributed by atoms with Gasteiger partial charge in [0, 0.05) is 45.2 Å². The van der Waals surface area contributed by atoms with Crippen molar-refractivity contribution < 1.29 is 4.42 Å². The maximum atomic E-state index is 6.05. The minimum Gasteiger partial charge on any atom is -0.456 e. The fourth-order valence-corrected chi connectivity index (χ4v) is 6.70. The standard InChI is InChI=1S/C45H30N4O/c1-2-41-36(23-21-30-22-24-44-38(25-30)37-18-10-12-20-43(37)50-44)35-17-9-11-19-42(35)49(41)45-46-28-34(29-47-45)40-27-33(31-13-5-3-6-14-31)26-39(48-40)32-15-7-4-8-16-32/h2-29H,1H2/b23-21+. The van der Waals surface area contributed by atoms with Crippen LogP contribution in [0.1, 0.15) is 16.8 Å². The van der Waals surface area contributed by atoms with Crippen molar-refractivity contribution in [3.63, 3.8) is 0 Å². The van der Waals surface area contributed by atoms with E-state index in [4.69, 9.17) is 19.4 Å². The third kappa shape index (κ3) is 5.18. The molecule has 9 rings (SSSR count). The number of hydrogen-bond donors (Lipinski definition) is 0. The van der Waals surface area contributed by atoms with E-state index in [0.29, 0.717) is 5.95 Å². The van der Waals surface area contributed by atoms with Crippen LogP contribution >= 0.6 is 0 Å². The predicted molar refractivity (Wildman–Crippen MR) is 206 cm³/mol. The van der Waals surface area contributed by atoms with Crippen molar-refractivity contribution in [3.8, 4) is 39.6 Å². The molecule has 0 atom stereocenters. The molecular formula is C45H30N4O. The van der Waals surface area contributed by atoms with Crippen LogP contribution in [0.5, 0.6) is 0 Å². The first-order chi connectivity index (χ1) is 24.7. The second kappa shape index (κ2) is 12.3. The molecule has 4 aromatic heterocycles. The second-order valence-electron chi connectivity index (χ2n) is 12.2. The number of para-hydroxylation sites is 2. The Hall–Kier alpha value is -6.85. The molecule has 0 spiro atoms. The molecule has 0 aliphatic rings. The number of hydrogen-bond acceptors (Lipinski definition) is 4. The first-order valence-electron chi connectivity index (χ1n) is 16.5. The van der Waals surface area contributed by atoms with Crippen LogP contribution in [-0.2, 0) is 0 Å². The highest BCUT2D eigenvalue weighted by atomic mass is 16.3. The molecule has 0 fully saturated rings. The molecule has 0 saturated heterocycles. The van der Waals surface area contributed by atoms with Gasteiger partial charge in [-0.1, -0.05) is 122 Å². The van der Waals surface area contributed by atoms with Crippen molar-refractivity contribution in [3.05, 3.63) is 175 Å². The summed E-state index contributed by atoms with van der Waals surface area (Å²) in [5, 5.41) is 3.30. The minimum absolute atomic E-state index is 0.563. The van der Waals surface area contributed by atoms with E-state index in [0.717, 1.165) is 83.3 Å². The third-order valence-electron chi connectivity index (χ3n) is 9.12. The van der Waals surface area contributed by atoms with Gasteiger partial charge in [-0.05, 0) is 59.2 Å². The fraction of sp³-hybridized carbons (Fsp3) is 0. The highest BCUT2D eigenvalue weighted by Gasteiger charge is 2.17. The summed E-state index contributed by atoms with van der Waals surface area (Å²) in [7, 11) is 0. The highest BCUT2D eigenvalue weighted by molar-refractivity contribution is 6.06. The largest absolute Gasteiger partial charge is 0.456 e. The van der Waals surface area contributed by atoms with Crippen LogP contribution in [-0.4, -0.2) is 19.5 Å². The molecule has 9 aromatic rings. The summed E-state index contributed by atoms with van der Waals surface area (Å²) < 4.78 is 8.12. The van der Waals surface area contributed by atoms with E-state index in [1.54, 1.807) is 0 Å². The van der Waals surface area contributed by atoms with Gasteiger partial charge in [0.25, 0.3) is 0 Å². The Morgan fingerprint density at radius 1 is 0.540 bits per heavy atom. The topological polar surface area (TPSA) is 56.7 Å². The Kier molecular flexibility index (Phi) is 7.21. The van der Waals surface area contributed by atoms with Gasteiger partial charge in [-0.25, -0.2) is 15.0 Å². The lowest BCUT2D eigenvalue weighted by Gasteiger charge is -2.11. The maximum absolute atomic E-state index is 6.05. The minimum atomic E-state index is 0.563. The molecule has 0 bridgehead atoms. The zero-order chi connectivity index (χ0) is 33.4. The fourth-order valence-electron chi connectivity index (χ4n) is 6.70. The molecule has 50 heavy (non-hydrogen) atoms. The molecule has 0 aliphatic carbocycles. The summed E-state index contributed by atoms with van der Waals surface area (Å²) in [5.41, 5.74) is 11.6. The van der Waals surface area contributed by atoms with Gasteiger partial charge in [-0.15, -0.1) is 0 Å².